The molecule has 0 saturated heterocycles. The van der Waals surface area contributed by atoms with Gasteiger partial charge >= 0.3 is 0 Å². The molecule has 0 aliphatic carbocycles. The monoisotopic (exact) mass is 369 g/mol. The van der Waals surface area contributed by atoms with Crippen LogP contribution >= 0.6 is 11.3 Å². The molecule has 1 aromatic carbocycles. The predicted molar refractivity (Wildman–Crippen MR) is 101 cm³/mol. The molecule has 6 nitrogen and oxygen atoms in total. The average Bonchev–Trinajstić information content (AvgIpc) is 3.29. The number of aromatic nitrogens is 1. The second-order valence-electron chi connectivity index (χ2n) is 6.00. The van der Waals surface area contributed by atoms with Gasteiger partial charge < -0.3 is 15.1 Å². The maximum absolute atomic E-state index is 12.3. The van der Waals surface area contributed by atoms with Crippen molar-refractivity contribution in [2.24, 2.45) is 0 Å². The zero-order valence-corrected chi connectivity index (χ0v) is 15.5. The molecule has 2 heterocycles. The second-order valence-corrected chi connectivity index (χ2v) is 6.86. The number of hydrogen-bond donors (Lipinski definition) is 2. The Morgan fingerprint density at radius 2 is 2.00 bits per heavy atom. The number of nitrogens with one attached hydrogen (secondary N) is 2. The Hall–Kier alpha value is -2.93. The molecule has 1 atom stereocenters. The molecule has 0 aliphatic rings. The third-order valence-electron chi connectivity index (χ3n) is 4.02. The number of thiazole rings is 1. The first kappa shape index (κ1) is 17.9. The van der Waals surface area contributed by atoms with Crippen molar-refractivity contribution in [3.05, 3.63) is 58.9 Å². The van der Waals surface area contributed by atoms with Crippen molar-refractivity contribution in [1.29, 1.82) is 0 Å². The first-order chi connectivity index (χ1) is 12.4. The topological polar surface area (TPSA) is 84.2 Å². The highest BCUT2D eigenvalue weighted by Crippen LogP contribution is 2.26. The Kier molecular flexibility index (Phi) is 5.18. The molecule has 3 aromatic rings. The number of rotatable bonds is 5. The molecule has 134 valence electrons. The van der Waals surface area contributed by atoms with E-state index in [4.69, 9.17) is 4.42 Å². The molecular weight excluding hydrogens is 350 g/mol. The van der Waals surface area contributed by atoms with Crippen LogP contribution in [0.3, 0.4) is 0 Å². The lowest BCUT2D eigenvalue weighted by molar-refractivity contribution is -0.117. The van der Waals surface area contributed by atoms with Crippen molar-refractivity contribution in [3.8, 4) is 11.3 Å². The average molecular weight is 369 g/mol. The van der Waals surface area contributed by atoms with E-state index in [0.29, 0.717) is 5.13 Å². The molecular formula is C19H19N3O3S. The summed E-state index contributed by atoms with van der Waals surface area (Å²) in [4.78, 5) is 28.7. The summed E-state index contributed by atoms with van der Waals surface area (Å²) < 4.78 is 5.01. The van der Waals surface area contributed by atoms with Gasteiger partial charge in [0.05, 0.1) is 12.0 Å². The summed E-state index contributed by atoms with van der Waals surface area (Å²) in [7, 11) is 0. The first-order valence-electron chi connectivity index (χ1n) is 8.12. The van der Waals surface area contributed by atoms with Gasteiger partial charge in [0.15, 0.2) is 10.9 Å². The van der Waals surface area contributed by atoms with E-state index in [9.17, 15) is 9.59 Å². The van der Waals surface area contributed by atoms with Gasteiger partial charge in [-0.05, 0) is 50.1 Å². The fourth-order valence-corrected chi connectivity index (χ4v) is 3.04. The highest BCUT2D eigenvalue weighted by molar-refractivity contribution is 7.14. The predicted octanol–water partition coefficient (Wildman–Crippen LogP) is 3.78. The van der Waals surface area contributed by atoms with E-state index >= 15 is 0 Å². The van der Waals surface area contributed by atoms with Gasteiger partial charge in [-0.2, -0.15) is 0 Å². The van der Waals surface area contributed by atoms with Crippen LogP contribution in [-0.2, 0) is 4.79 Å². The summed E-state index contributed by atoms with van der Waals surface area (Å²) in [6.07, 6.45) is 1.41. The zero-order chi connectivity index (χ0) is 18.7. The van der Waals surface area contributed by atoms with E-state index in [-0.39, 0.29) is 11.7 Å². The number of nitrogens with zero attached hydrogens (tertiary/aromatic N) is 1. The number of carbonyl (C=O) groups is 2. The van der Waals surface area contributed by atoms with Gasteiger partial charge in [0.25, 0.3) is 5.91 Å². The minimum atomic E-state index is -0.721. The highest BCUT2D eigenvalue weighted by atomic mass is 32.1. The van der Waals surface area contributed by atoms with E-state index in [0.717, 1.165) is 11.3 Å². The largest absolute Gasteiger partial charge is 0.459 e. The van der Waals surface area contributed by atoms with Crippen LogP contribution in [0.2, 0.25) is 0 Å². The van der Waals surface area contributed by atoms with Crippen LogP contribution in [0.4, 0.5) is 5.13 Å². The third kappa shape index (κ3) is 4.00. The van der Waals surface area contributed by atoms with E-state index in [2.05, 4.69) is 41.6 Å². The molecule has 0 aliphatic heterocycles. The summed E-state index contributed by atoms with van der Waals surface area (Å²) in [6.45, 7) is 5.72. The van der Waals surface area contributed by atoms with Gasteiger partial charge in [-0.15, -0.1) is 11.3 Å². The molecule has 0 unspecified atom stereocenters. The number of carbonyl (C=O) groups excluding carboxylic acids is 2. The Balaban J connectivity index is 1.63. The fraction of sp³-hybridized carbons (Fsp3) is 0.211. The van der Waals surface area contributed by atoms with Crippen molar-refractivity contribution in [2.75, 3.05) is 5.32 Å². The molecule has 2 N–H and O–H groups in total. The van der Waals surface area contributed by atoms with Crippen molar-refractivity contribution in [2.45, 2.75) is 26.8 Å². The van der Waals surface area contributed by atoms with Gasteiger partial charge in [0, 0.05) is 10.9 Å². The number of anilines is 1. The molecule has 0 fully saturated rings. The quantitative estimate of drug-likeness (QED) is 0.717. The van der Waals surface area contributed by atoms with Gasteiger partial charge in [0.1, 0.15) is 6.04 Å². The SMILES string of the molecule is Cc1ccc(-c2csc(NC(=O)[C@H](C)NC(=O)c3ccco3)n2)cc1C. The Morgan fingerprint density at radius 1 is 1.19 bits per heavy atom. The molecule has 3 rings (SSSR count). The van der Waals surface area contributed by atoms with E-state index in [1.807, 2.05) is 11.4 Å². The van der Waals surface area contributed by atoms with E-state index < -0.39 is 11.9 Å². The minimum absolute atomic E-state index is 0.163. The minimum Gasteiger partial charge on any atom is -0.459 e. The maximum Gasteiger partial charge on any atom is 0.287 e. The van der Waals surface area contributed by atoms with Gasteiger partial charge in [-0.3, -0.25) is 9.59 Å². The summed E-state index contributed by atoms with van der Waals surface area (Å²) in [5.41, 5.74) is 4.22. The van der Waals surface area contributed by atoms with Crippen LogP contribution in [0.25, 0.3) is 11.3 Å². The number of furan rings is 1. The zero-order valence-electron chi connectivity index (χ0n) is 14.7. The molecule has 2 aromatic heterocycles. The molecule has 0 spiro atoms. The molecule has 7 heteroatoms. The summed E-state index contributed by atoms with van der Waals surface area (Å²) >= 11 is 1.34. The number of aryl methyl sites for hydroxylation is 2. The van der Waals surface area contributed by atoms with Crippen molar-refractivity contribution in [3.63, 3.8) is 0 Å². The Morgan fingerprint density at radius 3 is 2.69 bits per heavy atom. The number of amides is 2. The lowest BCUT2D eigenvalue weighted by Crippen LogP contribution is -2.41. The lowest BCUT2D eigenvalue weighted by atomic mass is 10.1. The number of hydrogen-bond acceptors (Lipinski definition) is 5. The lowest BCUT2D eigenvalue weighted by Gasteiger charge is -2.11. The highest BCUT2D eigenvalue weighted by Gasteiger charge is 2.19. The van der Waals surface area contributed by atoms with E-state index in [1.165, 1.54) is 34.8 Å². The molecule has 2 amide bonds. The summed E-state index contributed by atoms with van der Waals surface area (Å²) in [5, 5.41) is 7.70. The van der Waals surface area contributed by atoms with Gasteiger partial charge in [-0.1, -0.05) is 12.1 Å². The third-order valence-corrected chi connectivity index (χ3v) is 4.78. The summed E-state index contributed by atoms with van der Waals surface area (Å²) in [6, 6.07) is 8.56. The van der Waals surface area contributed by atoms with Crippen LogP contribution < -0.4 is 10.6 Å². The van der Waals surface area contributed by atoms with Crippen LogP contribution in [0.1, 0.15) is 28.6 Å². The van der Waals surface area contributed by atoms with Crippen LogP contribution in [0.15, 0.2) is 46.4 Å². The summed E-state index contributed by atoms with van der Waals surface area (Å²) in [5.74, 6) is -0.616. The van der Waals surface area contributed by atoms with Crippen molar-refractivity contribution < 1.29 is 14.0 Å². The second kappa shape index (κ2) is 7.53. The standard InChI is InChI=1S/C19H19N3O3S/c1-11-6-7-14(9-12(11)2)15-10-26-19(21-15)22-17(23)13(3)20-18(24)16-5-4-8-25-16/h4-10,13H,1-3H3,(H,20,24)(H,21,22,23)/t13-/m0/s1. The maximum atomic E-state index is 12.3. The smallest absolute Gasteiger partial charge is 0.287 e. The van der Waals surface area contributed by atoms with Crippen molar-refractivity contribution in [1.82, 2.24) is 10.3 Å². The molecule has 0 bridgehead atoms. The Labute approximate surface area is 155 Å². The molecule has 0 radical (unpaired) electrons. The van der Waals surface area contributed by atoms with Gasteiger partial charge in [0.2, 0.25) is 5.91 Å². The molecule has 0 saturated carbocycles. The first-order valence-corrected chi connectivity index (χ1v) is 9.00. The van der Waals surface area contributed by atoms with Crippen molar-refractivity contribution >= 4 is 28.3 Å². The fourth-order valence-electron chi connectivity index (χ4n) is 2.32. The van der Waals surface area contributed by atoms with Crippen LogP contribution in [0, 0.1) is 13.8 Å². The normalized spacial score (nSPS) is 11.8. The van der Waals surface area contributed by atoms with Gasteiger partial charge in [-0.25, -0.2) is 4.98 Å². The number of benzene rings is 1. The van der Waals surface area contributed by atoms with E-state index in [1.54, 1.807) is 13.0 Å². The Bertz CT molecular complexity index is 931. The molecule has 26 heavy (non-hydrogen) atoms. The van der Waals surface area contributed by atoms with Crippen LogP contribution in [0.5, 0.6) is 0 Å². The van der Waals surface area contributed by atoms with Crippen LogP contribution in [-0.4, -0.2) is 22.8 Å².